The Balaban J connectivity index is 1.75. The second-order valence-corrected chi connectivity index (χ2v) is 6.94. The summed E-state index contributed by atoms with van der Waals surface area (Å²) in [7, 11) is -3.83. The zero-order valence-electron chi connectivity index (χ0n) is 12.9. The molecule has 2 N–H and O–H groups in total. The molecule has 0 saturated heterocycles. The summed E-state index contributed by atoms with van der Waals surface area (Å²) in [6, 6.07) is 16.9. The van der Waals surface area contributed by atoms with Crippen molar-refractivity contribution in [3.8, 4) is 0 Å². The number of nitrogens with one attached hydrogen (secondary N) is 2. The third-order valence-corrected chi connectivity index (χ3v) is 4.72. The van der Waals surface area contributed by atoms with Gasteiger partial charge in [0.05, 0.1) is 10.4 Å². The molecule has 0 aliphatic heterocycles. The van der Waals surface area contributed by atoms with Crippen LogP contribution in [-0.2, 0) is 10.0 Å². The van der Waals surface area contributed by atoms with Crippen molar-refractivity contribution < 1.29 is 13.2 Å². The van der Waals surface area contributed by atoms with Crippen LogP contribution in [0.25, 0.3) is 10.9 Å². The van der Waals surface area contributed by atoms with E-state index < -0.39 is 15.9 Å². The summed E-state index contributed by atoms with van der Waals surface area (Å²) < 4.78 is 24.3. The maximum absolute atomic E-state index is 12.1. The van der Waals surface area contributed by atoms with Crippen molar-refractivity contribution >= 4 is 26.8 Å². The molecule has 1 aromatic heterocycles. The Morgan fingerprint density at radius 2 is 1.67 bits per heavy atom. The van der Waals surface area contributed by atoms with Crippen LogP contribution < -0.4 is 10.3 Å². The fourth-order valence-electron chi connectivity index (χ4n) is 2.15. The standard InChI is InChI=1S/C17H15N3O3S/c1-12-6-9-14(10-7-12)24(22,23)20-19-17(21)16-11-8-13-4-2-3-5-15(13)18-16/h2-11,20H,1H3,(H,19,21). The number of sulfonamides is 1. The van der Waals surface area contributed by atoms with Crippen LogP contribution in [0.4, 0.5) is 0 Å². The van der Waals surface area contributed by atoms with Gasteiger partial charge >= 0.3 is 0 Å². The summed E-state index contributed by atoms with van der Waals surface area (Å²) in [5.41, 5.74) is 3.90. The highest BCUT2D eigenvalue weighted by atomic mass is 32.2. The average Bonchev–Trinajstić information content (AvgIpc) is 2.59. The number of rotatable bonds is 4. The van der Waals surface area contributed by atoms with Gasteiger partial charge in [-0.25, -0.2) is 13.4 Å². The number of aromatic nitrogens is 1. The lowest BCUT2D eigenvalue weighted by Crippen LogP contribution is -2.41. The third-order valence-electron chi connectivity index (χ3n) is 3.46. The monoisotopic (exact) mass is 341 g/mol. The molecule has 0 aliphatic carbocycles. The fourth-order valence-corrected chi connectivity index (χ4v) is 2.99. The minimum atomic E-state index is -3.83. The Labute approximate surface area is 139 Å². The molecule has 7 heteroatoms. The minimum absolute atomic E-state index is 0.0693. The molecule has 122 valence electrons. The largest absolute Gasteiger partial charge is 0.284 e. The number of nitrogens with zero attached hydrogens (tertiary/aromatic N) is 1. The van der Waals surface area contributed by atoms with Crippen LogP contribution in [0.2, 0.25) is 0 Å². The Morgan fingerprint density at radius 3 is 2.42 bits per heavy atom. The van der Waals surface area contributed by atoms with Gasteiger partial charge in [0.15, 0.2) is 0 Å². The zero-order chi connectivity index (χ0) is 17.2. The number of pyridine rings is 1. The summed E-state index contributed by atoms with van der Waals surface area (Å²) in [5, 5.41) is 0.897. The third kappa shape index (κ3) is 3.42. The van der Waals surface area contributed by atoms with E-state index in [-0.39, 0.29) is 10.6 Å². The molecule has 0 spiro atoms. The maximum atomic E-state index is 12.1. The summed E-state index contributed by atoms with van der Waals surface area (Å²) in [6.45, 7) is 1.86. The molecule has 0 radical (unpaired) electrons. The van der Waals surface area contributed by atoms with Crippen molar-refractivity contribution in [2.24, 2.45) is 0 Å². The smallest absolute Gasteiger partial charge is 0.272 e. The molecule has 3 aromatic rings. The lowest BCUT2D eigenvalue weighted by Gasteiger charge is -2.08. The number of amides is 1. The van der Waals surface area contributed by atoms with Crippen molar-refractivity contribution in [1.82, 2.24) is 15.2 Å². The number of aryl methyl sites for hydroxylation is 1. The van der Waals surface area contributed by atoms with E-state index in [0.717, 1.165) is 10.9 Å². The maximum Gasteiger partial charge on any atom is 0.284 e. The van der Waals surface area contributed by atoms with E-state index >= 15 is 0 Å². The Bertz CT molecular complexity index is 999. The molecule has 0 aliphatic rings. The number of benzene rings is 2. The Hall–Kier alpha value is -2.77. The number of hydrazine groups is 1. The van der Waals surface area contributed by atoms with Crippen molar-refractivity contribution in [3.05, 3.63) is 71.9 Å². The SMILES string of the molecule is Cc1ccc(S(=O)(=O)NNC(=O)c2ccc3ccccc3n2)cc1. The van der Waals surface area contributed by atoms with Gasteiger partial charge in [-0.05, 0) is 31.2 Å². The molecule has 3 rings (SSSR count). The lowest BCUT2D eigenvalue weighted by atomic mass is 10.2. The number of carbonyl (C=O) groups is 1. The van der Waals surface area contributed by atoms with E-state index in [9.17, 15) is 13.2 Å². The molecule has 2 aromatic carbocycles. The van der Waals surface area contributed by atoms with Crippen molar-refractivity contribution in [2.45, 2.75) is 11.8 Å². The topological polar surface area (TPSA) is 88.2 Å². The quantitative estimate of drug-likeness (QED) is 0.712. The van der Waals surface area contributed by atoms with Gasteiger partial charge in [-0.2, -0.15) is 0 Å². The molecule has 0 unspecified atom stereocenters. The fraction of sp³-hybridized carbons (Fsp3) is 0.0588. The van der Waals surface area contributed by atoms with E-state index in [4.69, 9.17) is 0 Å². The predicted octanol–water partition coefficient (Wildman–Crippen LogP) is 2.17. The van der Waals surface area contributed by atoms with Crippen LogP contribution in [0, 0.1) is 6.92 Å². The molecular formula is C17H15N3O3S. The first-order chi connectivity index (χ1) is 11.5. The number of fused-ring (bicyclic) bond motifs is 1. The summed E-state index contributed by atoms with van der Waals surface area (Å²) in [5.74, 6) is -0.628. The first-order valence-electron chi connectivity index (χ1n) is 7.20. The molecule has 0 bridgehead atoms. The molecule has 1 heterocycles. The molecular weight excluding hydrogens is 326 g/mol. The number of para-hydroxylation sites is 1. The molecule has 0 fully saturated rings. The van der Waals surface area contributed by atoms with E-state index in [2.05, 4.69) is 15.2 Å². The molecule has 1 amide bonds. The van der Waals surface area contributed by atoms with Gasteiger partial charge in [0, 0.05) is 5.39 Å². The van der Waals surface area contributed by atoms with Gasteiger partial charge < -0.3 is 0 Å². The lowest BCUT2D eigenvalue weighted by molar-refractivity contribution is 0.0940. The summed E-state index contributed by atoms with van der Waals surface area (Å²) in [6.07, 6.45) is 0. The summed E-state index contributed by atoms with van der Waals surface area (Å²) in [4.78, 5) is 18.5. The van der Waals surface area contributed by atoms with Crippen LogP contribution >= 0.6 is 0 Å². The number of carbonyl (C=O) groups excluding carboxylic acids is 1. The van der Waals surface area contributed by atoms with E-state index in [1.54, 1.807) is 24.3 Å². The summed E-state index contributed by atoms with van der Waals surface area (Å²) >= 11 is 0. The molecule has 0 atom stereocenters. The van der Waals surface area contributed by atoms with Crippen molar-refractivity contribution in [2.75, 3.05) is 0 Å². The Kier molecular flexibility index (Phi) is 4.28. The van der Waals surface area contributed by atoms with Crippen LogP contribution in [-0.4, -0.2) is 19.3 Å². The van der Waals surface area contributed by atoms with Gasteiger partial charge in [0.25, 0.3) is 15.9 Å². The minimum Gasteiger partial charge on any atom is -0.272 e. The van der Waals surface area contributed by atoms with Gasteiger partial charge in [0.2, 0.25) is 0 Å². The molecule has 6 nitrogen and oxygen atoms in total. The second-order valence-electron chi connectivity index (χ2n) is 5.26. The second kappa shape index (κ2) is 6.38. The number of hydrogen-bond donors (Lipinski definition) is 2. The van der Waals surface area contributed by atoms with E-state index in [1.165, 1.54) is 18.2 Å². The van der Waals surface area contributed by atoms with Gasteiger partial charge in [-0.15, -0.1) is 4.83 Å². The van der Waals surface area contributed by atoms with Crippen LogP contribution in [0.15, 0.2) is 65.6 Å². The van der Waals surface area contributed by atoms with Crippen LogP contribution in [0.3, 0.4) is 0 Å². The van der Waals surface area contributed by atoms with Crippen molar-refractivity contribution in [3.63, 3.8) is 0 Å². The number of hydrogen-bond acceptors (Lipinski definition) is 4. The zero-order valence-corrected chi connectivity index (χ0v) is 13.7. The highest BCUT2D eigenvalue weighted by Crippen LogP contribution is 2.12. The van der Waals surface area contributed by atoms with Crippen molar-refractivity contribution in [1.29, 1.82) is 0 Å². The van der Waals surface area contributed by atoms with Crippen LogP contribution in [0.1, 0.15) is 16.1 Å². The van der Waals surface area contributed by atoms with Gasteiger partial charge in [-0.1, -0.05) is 42.0 Å². The molecule has 0 saturated carbocycles. The first kappa shape index (κ1) is 16.1. The van der Waals surface area contributed by atoms with E-state index in [0.29, 0.717) is 5.52 Å². The first-order valence-corrected chi connectivity index (χ1v) is 8.69. The van der Waals surface area contributed by atoms with Gasteiger partial charge in [-0.3, -0.25) is 10.2 Å². The van der Waals surface area contributed by atoms with E-state index in [1.807, 2.05) is 25.1 Å². The molecule has 24 heavy (non-hydrogen) atoms. The predicted molar refractivity (Wildman–Crippen MR) is 90.7 cm³/mol. The average molecular weight is 341 g/mol. The highest BCUT2D eigenvalue weighted by Gasteiger charge is 2.16. The normalized spacial score (nSPS) is 11.4. The van der Waals surface area contributed by atoms with Crippen LogP contribution in [0.5, 0.6) is 0 Å². The highest BCUT2D eigenvalue weighted by molar-refractivity contribution is 7.89. The Morgan fingerprint density at radius 1 is 0.958 bits per heavy atom. The van der Waals surface area contributed by atoms with Gasteiger partial charge in [0.1, 0.15) is 5.69 Å².